The lowest BCUT2D eigenvalue weighted by Gasteiger charge is -2.06. The number of anilines is 1. The van der Waals surface area contributed by atoms with Crippen molar-refractivity contribution in [1.82, 2.24) is 19.5 Å². The van der Waals surface area contributed by atoms with Crippen LogP contribution in [0.1, 0.15) is 27.7 Å². The molecule has 0 bridgehead atoms. The number of rotatable bonds is 2. The molecule has 0 spiro atoms. The maximum atomic E-state index is 6.10. The Morgan fingerprint density at radius 1 is 1.20 bits per heavy atom. The Hall–Kier alpha value is -1.95. The van der Waals surface area contributed by atoms with Crippen LogP contribution in [0.5, 0.6) is 0 Å². The van der Waals surface area contributed by atoms with Crippen molar-refractivity contribution in [3.8, 4) is 0 Å². The first-order valence-corrected chi connectivity index (χ1v) is 7.29. The Morgan fingerprint density at radius 3 is 2.60 bits per heavy atom. The highest BCUT2D eigenvalue weighted by Gasteiger charge is 2.13. The highest BCUT2D eigenvalue weighted by atomic mass is 32.1. The van der Waals surface area contributed by atoms with E-state index in [2.05, 4.69) is 28.8 Å². The minimum absolute atomic E-state index is 0.571. The fourth-order valence-corrected chi connectivity index (χ4v) is 3.31. The molecule has 0 saturated carbocycles. The van der Waals surface area contributed by atoms with Gasteiger partial charge in [0.15, 0.2) is 5.82 Å². The molecule has 0 aromatic carbocycles. The molecule has 104 valence electrons. The van der Waals surface area contributed by atoms with Gasteiger partial charge in [-0.2, -0.15) is 0 Å². The molecule has 0 amide bonds. The van der Waals surface area contributed by atoms with Crippen LogP contribution < -0.4 is 5.73 Å². The summed E-state index contributed by atoms with van der Waals surface area (Å²) in [7, 11) is 0. The number of hydrogen-bond acceptors (Lipinski definition) is 5. The van der Waals surface area contributed by atoms with Crippen LogP contribution in [0.2, 0.25) is 0 Å². The third kappa shape index (κ3) is 1.96. The number of hydrogen-bond donors (Lipinski definition) is 1. The first-order valence-electron chi connectivity index (χ1n) is 6.47. The van der Waals surface area contributed by atoms with Crippen LogP contribution in [0, 0.1) is 27.7 Å². The van der Waals surface area contributed by atoms with Gasteiger partial charge in [0.1, 0.15) is 10.6 Å². The van der Waals surface area contributed by atoms with Crippen molar-refractivity contribution in [1.29, 1.82) is 0 Å². The minimum atomic E-state index is 0.571. The van der Waals surface area contributed by atoms with Crippen LogP contribution >= 0.6 is 11.3 Å². The molecule has 0 fully saturated rings. The number of nitrogens with two attached hydrogens (primary N) is 1. The molecule has 3 heterocycles. The van der Waals surface area contributed by atoms with Gasteiger partial charge in [-0.15, -0.1) is 11.3 Å². The summed E-state index contributed by atoms with van der Waals surface area (Å²) in [5, 5.41) is 0.995. The van der Waals surface area contributed by atoms with Crippen LogP contribution in [-0.2, 0) is 6.54 Å². The Bertz CT molecular complexity index is 800. The third-order valence-electron chi connectivity index (χ3n) is 3.76. The summed E-state index contributed by atoms with van der Waals surface area (Å²) >= 11 is 1.67. The molecule has 5 nitrogen and oxygen atoms in total. The number of nitrogens with zero attached hydrogens (tertiary/aromatic N) is 4. The van der Waals surface area contributed by atoms with E-state index in [1.54, 1.807) is 11.3 Å². The normalized spacial score (nSPS) is 11.4. The molecule has 3 aromatic rings. The monoisotopic (exact) mass is 287 g/mol. The standard InChI is InChI=1S/C14H17N5S/c1-7-10(4)20-14-12(7)13(15)17-11(18-14)5-19-6-16-8(2)9(19)3/h6H,5H2,1-4H3,(H2,15,17,18). The molecular formula is C14H17N5S. The van der Waals surface area contributed by atoms with Crippen LogP contribution in [0.4, 0.5) is 5.82 Å². The molecule has 3 rings (SSSR count). The van der Waals surface area contributed by atoms with Gasteiger partial charge in [-0.05, 0) is 33.3 Å². The molecular weight excluding hydrogens is 270 g/mol. The van der Waals surface area contributed by atoms with Gasteiger partial charge in [0.25, 0.3) is 0 Å². The second kappa shape index (κ2) is 4.56. The van der Waals surface area contributed by atoms with Gasteiger partial charge in [0.05, 0.1) is 24.0 Å². The fourth-order valence-electron chi connectivity index (χ4n) is 2.25. The highest BCUT2D eigenvalue weighted by Crippen LogP contribution is 2.31. The molecule has 0 aliphatic rings. The Balaban J connectivity index is 2.07. The van der Waals surface area contributed by atoms with E-state index in [-0.39, 0.29) is 0 Å². The van der Waals surface area contributed by atoms with Crippen molar-refractivity contribution < 1.29 is 0 Å². The van der Waals surface area contributed by atoms with Crippen LogP contribution in [0.15, 0.2) is 6.33 Å². The van der Waals surface area contributed by atoms with Crippen molar-refractivity contribution in [2.45, 2.75) is 34.2 Å². The molecule has 0 saturated heterocycles. The number of aryl methyl sites for hydroxylation is 3. The topological polar surface area (TPSA) is 69.6 Å². The zero-order valence-corrected chi connectivity index (χ0v) is 12.9. The second-order valence-corrected chi connectivity index (χ2v) is 6.23. The maximum Gasteiger partial charge on any atom is 0.152 e. The van der Waals surface area contributed by atoms with Gasteiger partial charge in [-0.25, -0.2) is 15.0 Å². The van der Waals surface area contributed by atoms with Gasteiger partial charge in [-0.3, -0.25) is 0 Å². The summed E-state index contributed by atoms with van der Waals surface area (Å²) in [5.74, 6) is 1.30. The Morgan fingerprint density at radius 2 is 1.95 bits per heavy atom. The number of imidazole rings is 1. The lowest BCUT2D eigenvalue weighted by Crippen LogP contribution is -2.07. The van der Waals surface area contributed by atoms with E-state index in [1.807, 2.05) is 24.7 Å². The summed E-state index contributed by atoms with van der Waals surface area (Å²) in [4.78, 5) is 15.6. The number of aromatic nitrogens is 4. The van der Waals surface area contributed by atoms with E-state index in [4.69, 9.17) is 5.73 Å². The highest BCUT2D eigenvalue weighted by molar-refractivity contribution is 7.18. The predicted octanol–water partition coefficient (Wildman–Crippen LogP) is 2.75. The second-order valence-electron chi connectivity index (χ2n) is 5.03. The van der Waals surface area contributed by atoms with E-state index < -0.39 is 0 Å². The molecule has 0 radical (unpaired) electrons. The summed E-state index contributed by atoms with van der Waals surface area (Å²) in [5.41, 5.74) is 9.44. The molecule has 6 heteroatoms. The van der Waals surface area contributed by atoms with Crippen LogP contribution in [0.25, 0.3) is 10.2 Å². The SMILES string of the molecule is Cc1ncn(Cc2nc(N)c3c(C)c(C)sc3n2)c1C. The number of nitrogen functional groups attached to an aromatic ring is 1. The first kappa shape index (κ1) is 13.1. The van der Waals surface area contributed by atoms with Crippen molar-refractivity contribution in [3.05, 3.63) is 34.0 Å². The number of fused-ring (bicyclic) bond motifs is 1. The maximum absolute atomic E-state index is 6.10. The summed E-state index contributed by atoms with van der Waals surface area (Å²) in [6.45, 7) is 8.80. The van der Waals surface area contributed by atoms with Crippen LogP contribution in [-0.4, -0.2) is 19.5 Å². The molecule has 0 atom stereocenters. The predicted molar refractivity (Wildman–Crippen MR) is 82.1 cm³/mol. The molecule has 0 aliphatic heterocycles. The third-order valence-corrected chi connectivity index (χ3v) is 4.86. The van der Waals surface area contributed by atoms with Gasteiger partial charge in [0, 0.05) is 10.6 Å². The van der Waals surface area contributed by atoms with Crippen molar-refractivity contribution in [2.75, 3.05) is 5.73 Å². The van der Waals surface area contributed by atoms with Crippen molar-refractivity contribution in [3.63, 3.8) is 0 Å². The zero-order valence-electron chi connectivity index (χ0n) is 12.1. The Labute approximate surface area is 121 Å². The molecule has 0 unspecified atom stereocenters. The fraction of sp³-hybridized carbons (Fsp3) is 0.357. The number of thiophene rings is 1. The Kier molecular flexibility index (Phi) is 2.97. The van der Waals surface area contributed by atoms with Gasteiger partial charge < -0.3 is 10.3 Å². The molecule has 2 N–H and O–H groups in total. The van der Waals surface area contributed by atoms with Crippen molar-refractivity contribution >= 4 is 27.4 Å². The van der Waals surface area contributed by atoms with Crippen molar-refractivity contribution in [2.24, 2.45) is 0 Å². The first-order chi connectivity index (χ1) is 9.47. The zero-order chi connectivity index (χ0) is 14.4. The molecule has 0 aliphatic carbocycles. The molecule has 20 heavy (non-hydrogen) atoms. The lowest BCUT2D eigenvalue weighted by atomic mass is 10.2. The average molecular weight is 287 g/mol. The van der Waals surface area contributed by atoms with Crippen LogP contribution in [0.3, 0.4) is 0 Å². The lowest BCUT2D eigenvalue weighted by molar-refractivity contribution is 0.728. The van der Waals surface area contributed by atoms with E-state index in [9.17, 15) is 0 Å². The largest absolute Gasteiger partial charge is 0.383 e. The summed E-state index contributed by atoms with van der Waals surface area (Å²) in [6.07, 6.45) is 1.82. The summed E-state index contributed by atoms with van der Waals surface area (Å²) in [6, 6.07) is 0. The van der Waals surface area contributed by atoms with Gasteiger partial charge >= 0.3 is 0 Å². The van der Waals surface area contributed by atoms with E-state index in [0.717, 1.165) is 27.4 Å². The minimum Gasteiger partial charge on any atom is -0.383 e. The van der Waals surface area contributed by atoms with E-state index in [0.29, 0.717) is 12.4 Å². The smallest absolute Gasteiger partial charge is 0.152 e. The van der Waals surface area contributed by atoms with E-state index in [1.165, 1.54) is 10.4 Å². The van der Waals surface area contributed by atoms with Gasteiger partial charge in [0.2, 0.25) is 0 Å². The summed E-state index contributed by atoms with van der Waals surface area (Å²) < 4.78 is 2.04. The van der Waals surface area contributed by atoms with Gasteiger partial charge in [-0.1, -0.05) is 0 Å². The quantitative estimate of drug-likeness (QED) is 0.787. The van der Waals surface area contributed by atoms with E-state index >= 15 is 0 Å². The average Bonchev–Trinajstić information content (AvgIpc) is 2.84. The molecule has 3 aromatic heterocycles.